The third kappa shape index (κ3) is 4.61. The van der Waals surface area contributed by atoms with Crippen LogP contribution >= 0.6 is 0 Å². The number of carbonyl (C=O) groups is 2. The average molecular weight is 426 g/mol. The highest BCUT2D eigenvalue weighted by molar-refractivity contribution is 6.03. The van der Waals surface area contributed by atoms with Gasteiger partial charge in [-0.2, -0.15) is 0 Å². The second kappa shape index (κ2) is 8.61. The molecule has 2 heterocycles. The molecule has 2 unspecified atom stereocenters. The van der Waals surface area contributed by atoms with Crippen LogP contribution in [0.4, 0.5) is 0 Å². The summed E-state index contributed by atoms with van der Waals surface area (Å²) in [7, 11) is 1.61. The fourth-order valence-corrected chi connectivity index (χ4v) is 4.74. The molecule has 168 valence electrons. The van der Waals surface area contributed by atoms with E-state index in [-0.39, 0.29) is 17.9 Å². The minimum absolute atomic E-state index is 0.0105. The fourth-order valence-electron chi connectivity index (χ4n) is 4.74. The lowest BCUT2D eigenvalue weighted by molar-refractivity contribution is -0.132. The fraction of sp³-hybridized carbons (Fsp3) is 0.625. The first-order valence-electron chi connectivity index (χ1n) is 11.5. The van der Waals surface area contributed by atoms with Gasteiger partial charge < -0.3 is 15.5 Å². The van der Waals surface area contributed by atoms with Crippen molar-refractivity contribution in [3.05, 3.63) is 35.9 Å². The average Bonchev–Trinajstić information content (AvgIpc) is 3.55. The van der Waals surface area contributed by atoms with E-state index in [0.29, 0.717) is 6.04 Å². The number of hydrogen-bond donors (Lipinski definition) is 2. The SMILES string of the molecule is CNC(=O)[C@@H](NC(=O)C1N=C(c2ccccc2)N2CCCN(C3CC3)CC12)C(C)(C)C. The number of rotatable bonds is 5. The van der Waals surface area contributed by atoms with Crippen LogP contribution in [0.5, 0.6) is 0 Å². The van der Waals surface area contributed by atoms with Gasteiger partial charge in [0.05, 0.1) is 6.04 Å². The van der Waals surface area contributed by atoms with Crippen LogP contribution in [0.3, 0.4) is 0 Å². The van der Waals surface area contributed by atoms with Crippen molar-refractivity contribution in [2.75, 3.05) is 26.7 Å². The zero-order valence-corrected chi connectivity index (χ0v) is 19.1. The summed E-state index contributed by atoms with van der Waals surface area (Å²) in [5.74, 6) is 0.557. The third-order valence-electron chi connectivity index (χ3n) is 6.59. The molecule has 1 saturated heterocycles. The Bertz CT molecular complexity index is 843. The smallest absolute Gasteiger partial charge is 0.247 e. The highest BCUT2D eigenvalue weighted by Gasteiger charge is 2.46. The van der Waals surface area contributed by atoms with E-state index in [4.69, 9.17) is 4.99 Å². The van der Waals surface area contributed by atoms with Crippen LogP contribution in [-0.4, -0.2) is 78.3 Å². The number of carbonyl (C=O) groups excluding carboxylic acids is 2. The van der Waals surface area contributed by atoms with Gasteiger partial charge in [-0.25, -0.2) is 0 Å². The standard InChI is InChI=1S/C24H35N5O2/c1-24(2,3)20(23(31)25-4)27-22(30)19-18-15-28(17-11-12-17)13-8-14-29(18)21(26-19)16-9-6-5-7-10-16/h5-7,9-10,17-20H,8,11-15H2,1-4H3,(H,25,31)(H,27,30)/t18?,19?,20-/m1/s1. The van der Waals surface area contributed by atoms with Gasteiger partial charge in [0.2, 0.25) is 11.8 Å². The van der Waals surface area contributed by atoms with Crippen molar-refractivity contribution in [2.45, 2.75) is 64.2 Å². The molecule has 1 aromatic carbocycles. The maximum absolute atomic E-state index is 13.5. The Balaban J connectivity index is 1.63. The summed E-state index contributed by atoms with van der Waals surface area (Å²) in [5.41, 5.74) is 0.644. The monoisotopic (exact) mass is 425 g/mol. The molecule has 31 heavy (non-hydrogen) atoms. The second-order valence-electron chi connectivity index (χ2n) is 10.0. The number of amidine groups is 1. The van der Waals surface area contributed by atoms with Crippen molar-refractivity contribution in [3.63, 3.8) is 0 Å². The lowest BCUT2D eigenvalue weighted by Gasteiger charge is -2.33. The van der Waals surface area contributed by atoms with E-state index in [1.807, 2.05) is 39.0 Å². The zero-order valence-electron chi connectivity index (χ0n) is 19.1. The van der Waals surface area contributed by atoms with Gasteiger partial charge in [-0.05, 0) is 24.7 Å². The van der Waals surface area contributed by atoms with Crippen LogP contribution in [-0.2, 0) is 9.59 Å². The predicted octanol–water partition coefficient (Wildman–Crippen LogP) is 1.63. The number of likely N-dealkylation sites (N-methyl/N-ethyl adjacent to an activating group) is 1. The Morgan fingerprint density at radius 2 is 1.84 bits per heavy atom. The largest absolute Gasteiger partial charge is 0.357 e. The predicted molar refractivity (Wildman–Crippen MR) is 122 cm³/mol. The normalized spacial score (nSPS) is 25.3. The number of nitrogens with zero attached hydrogens (tertiary/aromatic N) is 3. The Kier molecular flexibility index (Phi) is 6.06. The number of amides is 2. The first-order chi connectivity index (χ1) is 14.8. The highest BCUT2D eigenvalue weighted by atomic mass is 16.2. The van der Waals surface area contributed by atoms with Gasteiger partial charge in [0.25, 0.3) is 0 Å². The molecule has 2 aliphatic heterocycles. The van der Waals surface area contributed by atoms with E-state index in [1.54, 1.807) is 7.05 Å². The molecule has 1 aliphatic carbocycles. The van der Waals surface area contributed by atoms with Gasteiger partial charge in [-0.1, -0.05) is 51.1 Å². The molecular formula is C24H35N5O2. The maximum Gasteiger partial charge on any atom is 0.247 e. The minimum atomic E-state index is -0.611. The lowest BCUT2D eigenvalue weighted by Crippen LogP contribution is -2.57. The van der Waals surface area contributed by atoms with Crippen molar-refractivity contribution < 1.29 is 9.59 Å². The molecule has 0 bridgehead atoms. The summed E-state index contributed by atoms with van der Waals surface area (Å²) in [6.07, 6.45) is 3.56. The summed E-state index contributed by atoms with van der Waals surface area (Å²) >= 11 is 0. The summed E-state index contributed by atoms with van der Waals surface area (Å²) in [4.78, 5) is 35.8. The minimum Gasteiger partial charge on any atom is -0.357 e. The van der Waals surface area contributed by atoms with Crippen LogP contribution in [0.1, 0.15) is 45.6 Å². The Morgan fingerprint density at radius 3 is 2.45 bits per heavy atom. The number of fused-ring (bicyclic) bond motifs is 1. The molecule has 2 N–H and O–H groups in total. The highest BCUT2D eigenvalue weighted by Crippen LogP contribution is 2.32. The van der Waals surface area contributed by atoms with Crippen molar-refractivity contribution >= 4 is 17.6 Å². The summed E-state index contributed by atoms with van der Waals surface area (Å²) in [6.45, 7) is 8.69. The summed E-state index contributed by atoms with van der Waals surface area (Å²) < 4.78 is 0. The van der Waals surface area contributed by atoms with E-state index < -0.39 is 17.5 Å². The molecule has 3 aliphatic rings. The van der Waals surface area contributed by atoms with Crippen molar-refractivity contribution in [2.24, 2.45) is 10.4 Å². The Hall–Kier alpha value is -2.41. The topological polar surface area (TPSA) is 77.0 Å². The van der Waals surface area contributed by atoms with Crippen molar-refractivity contribution in [3.8, 4) is 0 Å². The van der Waals surface area contributed by atoms with E-state index in [1.165, 1.54) is 12.8 Å². The van der Waals surface area contributed by atoms with Crippen LogP contribution < -0.4 is 10.6 Å². The van der Waals surface area contributed by atoms with Gasteiger partial charge in [0.15, 0.2) is 6.04 Å². The molecule has 0 aromatic heterocycles. The summed E-state index contributed by atoms with van der Waals surface area (Å²) in [6, 6.07) is 9.63. The van der Waals surface area contributed by atoms with Crippen molar-refractivity contribution in [1.82, 2.24) is 20.4 Å². The van der Waals surface area contributed by atoms with Crippen LogP contribution in [0.2, 0.25) is 0 Å². The number of aliphatic imine (C=N–C) groups is 1. The lowest BCUT2D eigenvalue weighted by atomic mass is 9.85. The quantitative estimate of drug-likeness (QED) is 0.752. The molecule has 7 nitrogen and oxygen atoms in total. The molecule has 2 fully saturated rings. The molecular weight excluding hydrogens is 390 g/mol. The maximum atomic E-state index is 13.5. The zero-order chi connectivity index (χ0) is 22.2. The molecule has 3 atom stereocenters. The molecule has 1 aromatic rings. The van der Waals surface area contributed by atoms with Crippen LogP contribution in [0.15, 0.2) is 35.3 Å². The third-order valence-corrected chi connectivity index (χ3v) is 6.59. The van der Waals surface area contributed by atoms with Crippen LogP contribution in [0.25, 0.3) is 0 Å². The van der Waals surface area contributed by atoms with E-state index in [2.05, 4.69) is 32.6 Å². The number of hydrogen-bond acceptors (Lipinski definition) is 5. The van der Waals surface area contributed by atoms with Gasteiger partial charge >= 0.3 is 0 Å². The Labute approximate surface area is 185 Å². The van der Waals surface area contributed by atoms with Gasteiger partial charge in [-0.15, -0.1) is 0 Å². The van der Waals surface area contributed by atoms with E-state index in [0.717, 1.165) is 37.5 Å². The molecule has 2 amide bonds. The van der Waals surface area contributed by atoms with Gasteiger partial charge in [-0.3, -0.25) is 19.5 Å². The first-order valence-corrected chi connectivity index (χ1v) is 11.5. The number of nitrogens with one attached hydrogen (secondary N) is 2. The van der Waals surface area contributed by atoms with Gasteiger partial charge in [0.1, 0.15) is 11.9 Å². The molecule has 0 radical (unpaired) electrons. The first kappa shape index (κ1) is 21.8. The molecule has 7 heteroatoms. The molecule has 0 spiro atoms. The number of benzene rings is 1. The summed E-state index contributed by atoms with van der Waals surface area (Å²) in [5, 5.41) is 5.72. The van der Waals surface area contributed by atoms with Crippen LogP contribution in [0, 0.1) is 5.41 Å². The Morgan fingerprint density at radius 1 is 1.13 bits per heavy atom. The molecule has 4 rings (SSSR count). The van der Waals surface area contributed by atoms with E-state index in [9.17, 15) is 9.59 Å². The molecule has 1 saturated carbocycles. The van der Waals surface area contributed by atoms with Gasteiger partial charge in [0, 0.05) is 38.3 Å². The van der Waals surface area contributed by atoms with Crippen molar-refractivity contribution in [1.29, 1.82) is 0 Å². The van der Waals surface area contributed by atoms with E-state index >= 15 is 0 Å². The second-order valence-corrected chi connectivity index (χ2v) is 10.0.